The summed E-state index contributed by atoms with van der Waals surface area (Å²) in [6, 6.07) is 5.85. The van der Waals surface area contributed by atoms with E-state index in [0.29, 0.717) is 27.3 Å². The van der Waals surface area contributed by atoms with Crippen LogP contribution in [0, 0.1) is 0 Å². The molecule has 0 atom stereocenters. The Morgan fingerprint density at radius 2 is 2.14 bits per heavy atom. The van der Waals surface area contributed by atoms with Gasteiger partial charge in [0.2, 0.25) is 0 Å². The maximum atomic E-state index is 12.1. The van der Waals surface area contributed by atoms with Crippen molar-refractivity contribution in [3.8, 4) is 0 Å². The number of thioether (sulfide) groups is 1. The Labute approximate surface area is 135 Å². The molecule has 21 heavy (non-hydrogen) atoms. The number of H-pyrrole nitrogens is 1. The first kappa shape index (κ1) is 15.9. The Kier molecular flexibility index (Phi) is 5.27. The van der Waals surface area contributed by atoms with Crippen molar-refractivity contribution in [2.45, 2.75) is 5.75 Å². The van der Waals surface area contributed by atoms with Gasteiger partial charge in [-0.3, -0.25) is 9.59 Å². The molecule has 0 aliphatic heterocycles. The smallest absolute Gasteiger partial charge is 0.274 e. The second-order valence-electron chi connectivity index (χ2n) is 4.09. The fourth-order valence-electron chi connectivity index (χ4n) is 1.61. The molecule has 0 aliphatic carbocycles. The van der Waals surface area contributed by atoms with Crippen molar-refractivity contribution in [2.24, 2.45) is 0 Å². The zero-order valence-corrected chi connectivity index (χ0v) is 13.3. The molecule has 8 heteroatoms. The van der Waals surface area contributed by atoms with Gasteiger partial charge in [-0.1, -0.05) is 23.2 Å². The SMILES string of the molecule is CSCc1nc(C(=O)Nc2ccc(Cl)cc2Cl)cc(=O)[nH]1. The molecule has 0 unspecified atom stereocenters. The highest BCUT2D eigenvalue weighted by atomic mass is 35.5. The third-order valence-corrected chi connectivity index (χ3v) is 3.59. The van der Waals surface area contributed by atoms with Crippen LogP contribution in [-0.4, -0.2) is 22.1 Å². The minimum atomic E-state index is -0.507. The third-order valence-electron chi connectivity index (χ3n) is 2.48. The number of nitrogens with zero attached hydrogens (tertiary/aromatic N) is 1. The maximum absolute atomic E-state index is 12.1. The normalized spacial score (nSPS) is 10.4. The highest BCUT2D eigenvalue weighted by Gasteiger charge is 2.12. The van der Waals surface area contributed by atoms with E-state index in [1.165, 1.54) is 17.8 Å². The molecule has 0 saturated carbocycles. The molecule has 2 aromatic rings. The summed E-state index contributed by atoms with van der Waals surface area (Å²) in [5.41, 5.74) is 0.0646. The van der Waals surface area contributed by atoms with Gasteiger partial charge in [0.25, 0.3) is 11.5 Å². The molecule has 110 valence electrons. The second kappa shape index (κ2) is 6.98. The molecule has 2 rings (SSSR count). The van der Waals surface area contributed by atoms with Crippen LogP contribution < -0.4 is 10.9 Å². The maximum Gasteiger partial charge on any atom is 0.274 e. The number of aromatic amines is 1. The van der Waals surface area contributed by atoms with E-state index in [0.717, 1.165) is 6.07 Å². The first-order chi connectivity index (χ1) is 9.99. The van der Waals surface area contributed by atoms with Gasteiger partial charge in [-0.05, 0) is 24.5 Å². The Morgan fingerprint density at radius 1 is 1.38 bits per heavy atom. The molecular formula is C13H11Cl2N3O2S. The number of aromatic nitrogens is 2. The molecule has 0 radical (unpaired) electrons. The second-order valence-corrected chi connectivity index (χ2v) is 5.80. The lowest BCUT2D eigenvalue weighted by molar-refractivity contribution is 0.102. The van der Waals surface area contributed by atoms with E-state index in [1.807, 2.05) is 6.26 Å². The molecule has 2 N–H and O–H groups in total. The summed E-state index contributed by atoms with van der Waals surface area (Å²) in [5.74, 6) is 0.452. The third kappa shape index (κ3) is 4.23. The van der Waals surface area contributed by atoms with Crippen LogP contribution in [0.5, 0.6) is 0 Å². The highest BCUT2D eigenvalue weighted by molar-refractivity contribution is 7.97. The molecule has 0 spiro atoms. The number of carbonyl (C=O) groups excluding carboxylic acids is 1. The molecule has 0 bridgehead atoms. The Hall–Kier alpha value is -1.50. The van der Waals surface area contributed by atoms with Crippen LogP contribution in [0.4, 0.5) is 5.69 Å². The average molecular weight is 344 g/mol. The monoisotopic (exact) mass is 343 g/mol. The van der Waals surface area contributed by atoms with Crippen molar-refractivity contribution in [2.75, 3.05) is 11.6 Å². The molecule has 1 aromatic carbocycles. The van der Waals surface area contributed by atoms with Crippen molar-refractivity contribution in [1.29, 1.82) is 0 Å². The number of hydrogen-bond acceptors (Lipinski definition) is 4. The summed E-state index contributed by atoms with van der Waals surface area (Å²) in [6.07, 6.45) is 1.88. The first-order valence-electron chi connectivity index (χ1n) is 5.85. The molecule has 0 saturated heterocycles. The number of rotatable bonds is 4. The lowest BCUT2D eigenvalue weighted by Crippen LogP contribution is -2.20. The van der Waals surface area contributed by atoms with Crippen LogP contribution in [0.1, 0.15) is 16.3 Å². The summed E-state index contributed by atoms with van der Waals surface area (Å²) in [7, 11) is 0. The largest absolute Gasteiger partial charge is 0.319 e. The minimum absolute atomic E-state index is 0.0359. The van der Waals surface area contributed by atoms with E-state index >= 15 is 0 Å². The summed E-state index contributed by atoms with van der Waals surface area (Å²) in [5, 5.41) is 3.38. The van der Waals surface area contributed by atoms with Crippen molar-refractivity contribution < 1.29 is 4.79 Å². The molecule has 0 fully saturated rings. The van der Waals surface area contributed by atoms with E-state index in [-0.39, 0.29) is 11.3 Å². The number of halogens is 2. The molecule has 1 amide bonds. The summed E-state index contributed by atoms with van der Waals surface area (Å²) in [6.45, 7) is 0. The van der Waals surface area contributed by atoms with Gasteiger partial charge in [0.1, 0.15) is 11.5 Å². The van der Waals surface area contributed by atoms with E-state index in [4.69, 9.17) is 23.2 Å². The van der Waals surface area contributed by atoms with Crippen LogP contribution in [0.3, 0.4) is 0 Å². The summed E-state index contributed by atoms with van der Waals surface area (Å²) >= 11 is 13.3. The van der Waals surface area contributed by atoms with Crippen molar-refractivity contribution >= 4 is 46.6 Å². The standard InChI is InChI=1S/C13H11Cl2N3O2S/c1-21-6-11-16-10(5-12(19)18-11)13(20)17-9-3-2-7(14)4-8(9)15/h2-5H,6H2,1H3,(H,17,20)(H,16,18,19). The van der Waals surface area contributed by atoms with Gasteiger partial charge in [0.15, 0.2) is 0 Å². The number of nitrogens with one attached hydrogen (secondary N) is 2. The lowest BCUT2D eigenvalue weighted by Gasteiger charge is -2.07. The van der Waals surface area contributed by atoms with Gasteiger partial charge < -0.3 is 10.3 Å². The minimum Gasteiger partial charge on any atom is -0.319 e. The Bertz CT molecular complexity index is 734. The zero-order valence-electron chi connectivity index (χ0n) is 10.9. The average Bonchev–Trinajstić information content (AvgIpc) is 2.41. The van der Waals surface area contributed by atoms with E-state index in [2.05, 4.69) is 15.3 Å². The number of amides is 1. The molecule has 1 heterocycles. The Balaban J connectivity index is 2.25. The number of anilines is 1. The summed E-state index contributed by atoms with van der Waals surface area (Å²) < 4.78 is 0. The van der Waals surface area contributed by atoms with Gasteiger partial charge in [-0.2, -0.15) is 11.8 Å². The van der Waals surface area contributed by atoms with Gasteiger partial charge >= 0.3 is 0 Å². The lowest BCUT2D eigenvalue weighted by atomic mass is 10.3. The van der Waals surface area contributed by atoms with Gasteiger partial charge in [-0.15, -0.1) is 0 Å². The van der Waals surface area contributed by atoms with E-state index in [9.17, 15) is 9.59 Å². The van der Waals surface area contributed by atoms with Crippen molar-refractivity contribution in [3.63, 3.8) is 0 Å². The fourth-order valence-corrected chi connectivity index (χ4v) is 2.47. The number of hydrogen-bond donors (Lipinski definition) is 2. The molecule has 5 nitrogen and oxygen atoms in total. The topological polar surface area (TPSA) is 74.8 Å². The van der Waals surface area contributed by atoms with E-state index < -0.39 is 5.91 Å². The number of benzene rings is 1. The molecular weight excluding hydrogens is 333 g/mol. The van der Waals surface area contributed by atoms with Crippen molar-refractivity contribution in [3.05, 3.63) is 56.2 Å². The predicted octanol–water partition coefficient (Wildman–Crippen LogP) is 3.19. The Morgan fingerprint density at radius 3 is 2.81 bits per heavy atom. The molecule has 1 aromatic heterocycles. The van der Waals surface area contributed by atoms with Gasteiger partial charge in [0, 0.05) is 11.1 Å². The van der Waals surface area contributed by atoms with Crippen LogP contribution in [0.25, 0.3) is 0 Å². The quantitative estimate of drug-likeness (QED) is 0.893. The first-order valence-corrected chi connectivity index (χ1v) is 8.00. The fraction of sp³-hybridized carbons (Fsp3) is 0.154. The summed E-state index contributed by atoms with van der Waals surface area (Å²) in [4.78, 5) is 30.3. The number of carbonyl (C=O) groups is 1. The van der Waals surface area contributed by atoms with Crippen LogP contribution >= 0.6 is 35.0 Å². The van der Waals surface area contributed by atoms with Gasteiger partial charge in [0.05, 0.1) is 16.5 Å². The van der Waals surface area contributed by atoms with Crippen LogP contribution in [0.15, 0.2) is 29.1 Å². The molecule has 0 aliphatic rings. The zero-order chi connectivity index (χ0) is 15.4. The van der Waals surface area contributed by atoms with Gasteiger partial charge in [-0.25, -0.2) is 4.98 Å². The van der Waals surface area contributed by atoms with Crippen LogP contribution in [-0.2, 0) is 5.75 Å². The highest BCUT2D eigenvalue weighted by Crippen LogP contribution is 2.25. The van der Waals surface area contributed by atoms with Crippen LogP contribution in [0.2, 0.25) is 10.0 Å². The van der Waals surface area contributed by atoms with E-state index in [1.54, 1.807) is 12.1 Å². The predicted molar refractivity (Wildman–Crippen MR) is 86.5 cm³/mol. The van der Waals surface area contributed by atoms with Crippen molar-refractivity contribution in [1.82, 2.24) is 9.97 Å².